The van der Waals surface area contributed by atoms with E-state index in [9.17, 15) is 0 Å². The van der Waals surface area contributed by atoms with Gasteiger partial charge in [0.15, 0.2) is 0 Å². The Hall–Kier alpha value is -2.76. The van der Waals surface area contributed by atoms with Crippen LogP contribution in [0.1, 0.15) is 24.2 Å². The van der Waals surface area contributed by atoms with Crippen molar-refractivity contribution in [1.29, 1.82) is 5.26 Å². The maximum atomic E-state index is 9.14. The molecule has 1 aromatic heterocycles. The van der Waals surface area contributed by atoms with Gasteiger partial charge >= 0.3 is 0 Å². The number of nitrogens with one attached hydrogen (secondary N) is 3. The molecule has 1 aliphatic heterocycles. The van der Waals surface area contributed by atoms with Crippen LogP contribution in [0.4, 0.5) is 5.69 Å². The van der Waals surface area contributed by atoms with Crippen LogP contribution in [0.15, 0.2) is 30.5 Å². The lowest BCUT2D eigenvalue weighted by Crippen LogP contribution is -2.40. The van der Waals surface area contributed by atoms with Gasteiger partial charge in [0.25, 0.3) is 0 Å². The maximum absolute atomic E-state index is 9.14. The third kappa shape index (κ3) is 4.86. The van der Waals surface area contributed by atoms with Crippen LogP contribution in [0.3, 0.4) is 0 Å². The van der Waals surface area contributed by atoms with E-state index in [-0.39, 0.29) is 5.82 Å². The van der Waals surface area contributed by atoms with Gasteiger partial charge in [-0.2, -0.15) is 10.5 Å². The van der Waals surface area contributed by atoms with Crippen LogP contribution in [0.2, 0.25) is 0 Å². The molecule has 2 aromatic rings. The van der Waals surface area contributed by atoms with Crippen molar-refractivity contribution in [2.45, 2.75) is 25.4 Å². The number of likely N-dealkylation sites (tertiary alicyclic amines) is 1. The van der Waals surface area contributed by atoms with Crippen LogP contribution in [0.25, 0.3) is 5.57 Å². The summed E-state index contributed by atoms with van der Waals surface area (Å²) in [4.78, 5) is 2.37. The molecular weight excluding hydrogens is 316 g/mol. The molecule has 0 aliphatic carbocycles. The Kier molecular flexibility index (Phi) is 5.72. The topological polar surface area (TPSA) is 106 Å². The smallest absolute Gasteiger partial charge is 0.216 e. The summed E-state index contributed by atoms with van der Waals surface area (Å²) >= 11 is 0. The minimum Gasteiger partial charge on any atom is -0.360 e. The van der Waals surface area contributed by atoms with E-state index in [1.807, 2.05) is 18.2 Å². The highest BCUT2D eigenvalue weighted by atomic mass is 15.5. The summed E-state index contributed by atoms with van der Waals surface area (Å²) in [7, 11) is 2.17. The molecule has 25 heavy (non-hydrogen) atoms. The lowest BCUT2D eigenvalue weighted by molar-refractivity contribution is 0.234. The summed E-state index contributed by atoms with van der Waals surface area (Å²) < 4.78 is 0. The Labute approximate surface area is 146 Å². The zero-order valence-corrected chi connectivity index (χ0v) is 14.2. The summed E-state index contributed by atoms with van der Waals surface area (Å²) in [6, 6.07) is 10.8. The van der Waals surface area contributed by atoms with Crippen molar-refractivity contribution in [2.24, 2.45) is 0 Å². The quantitative estimate of drug-likeness (QED) is 0.683. The standard InChI is InChI=1S/C17H22N8/c1-25-8-6-16(7-9-25)19-11-13-2-4-15(5-3-13)20-12-14(10-18)17-21-23-24-22-17/h2-5,12,16,19-20H,6-9,11H2,1H3,(H,21,22,23,24). The predicted octanol–water partition coefficient (Wildman–Crippen LogP) is 1.36. The number of nitrogens with zero attached hydrogens (tertiary/aromatic N) is 5. The SMILES string of the molecule is CN1CCC(NCc2ccc(NC=C(C#N)c3nn[nH]n3)cc2)CC1. The van der Waals surface area contributed by atoms with E-state index in [2.05, 4.69) is 55.3 Å². The predicted molar refractivity (Wildman–Crippen MR) is 95.2 cm³/mol. The number of tetrazole rings is 1. The molecule has 0 atom stereocenters. The van der Waals surface area contributed by atoms with Gasteiger partial charge in [-0.15, -0.1) is 10.2 Å². The van der Waals surface area contributed by atoms with E-state index >= 15 is 0 Å². The Morgan fingerprint density at radius 2 is 2.12 bits per heavy atom. The highest BCUT2D eigenvalue weighted by Gasteiger charge is 2.15. The molecule has 0 saturated carbocycles. The molecule has 3 N–H and O–H groups in total. The molecular formula is C17H22N8. The number of rotatable bonds is 6. The van der Waals surface area contributed by atoms with Gasteiger partial charge in [-0.25, -0.2) is 0 Å². The van der Waals surface area contributed by atoms with E-state index in [4.69, 9.17) is 5.26 Å². The minimum absolute atomic E-state index is 0.272. The Bertz CT molecular complexity index is 721. The second kappa shape index (κ2) is 8.37. The fourth-order valence-electron chi connectivity index (χ4n) is 2.77. The molecule has 3 rings (SSSR count). The lowest BCUT2D eigenvalue weighted by Gasteiger charge is -2.29. The molecule has 130 valence electrons. The fraction of sp³-hybridized carbons (Fsp3) is 0.412. The zero-order chi connectivity index (χ0) is 17.5. The summed E-state index contributed by atoms with van der Waals surface area (Å²) in [6.45, 7) is 3.19. The summed E-state index contributed by atoms with van der Waals surface area (Å²) in [5.74, 6) is 0.272. The van der Waals surface area contributed by atoms with Gasteiger partial charge in [-0.1, -0.05) is 12.1 Å². The number of allylic oxidation sites excluding steroid dienone is 1. The number of aromatic amines is 1. The molecule has 0 spiro atoms. The molecule has 0 amide bonds. The van der Waals surface area contributed by atoms with Crippen molar-refractivity contribution in [3.63, 3.8) is 0 Å². The largest absolute Gasteiger partial charge is 0.360 e. The number of H-pyrrole nitrogens is 1. The minimum atomic E-state index is 0.272. The molecule has 1 aliphatic rings. The molecule has 0 unspecified atom stereocenters. The van der Waals surface area contributed by atoms with Crippen molar-refractivity contribution < 1.29 is 0 Å². The van der Waals surface area contributed by atoms with E-state index in [1.54, 1.807) is 6.20 Å². The molecule has 2 heterocycles. The zero-order valence-electron chi connectivity index (χ0n) is 14.2. The van der Waals surface area contributed by atoms with Crippen molar-refractivity contribution in [2.75, 3.05) is 25.5 Å². The summed E-state index contributed by atoms with van der Waals surface area (Å²) in [6.07, 6.45) is 3.98. The van der Waals surface area contributed by atoms with Crippen molar-refractivity contribution in [3.05, 3.63) is 41.9 Å². The number of nitriles is 1. The van der Waals surface area contributed by atoms with Gasteiger partial charge in [0.05, 0.1) is 0 Å². The Balaban J connectivity index is 1.51. The summed E-state index contributed by atoms with van der Waals surface area (Å²) in [5.41, 5.74) is 2.47. The van der Waals surface area contributed by atoms with Gasteiger partial charge in [-0.3, -0.25) is 0 Å². The third-order valence-corrected chi connectivity index (χ3v) is 4.36. The number of hydrogen-bond donors (Lipinski definition) is 3. The number of aromatic nitrogens is 4. The van der Waals surface area contributed by atoms with Crippen LogP contribution in [-0.4, -0.2) is 51.7 Å². The molecule has 8 nitrogen and oxygen atoms in total. The van der Waals surface area contributed by atoms with Crippen LogP contribution in [-0.2, 0) is 6.54 Å². The second-order valence-electron chi connectivity index (χ2n) is 6.20. The average molecular weight is 338 g/mol. The first-order valence-electron chi connectivity index (χ1n) is 8.36. The normalized spacial score (nSPS) is 16.6. The maximum Gasteiger partial charge on any atom is 0.216 e. The number of benzene rings is 1. The molecule has 1 saturated heterocycles. The third-order valence-electron chi connectivity index (χ3n) is 4.36. The first-order chi connectivity index (χ1) is 12.2. The highest BCUT2D eigenvalue weighted by Crippen LogP contribution is 2.13. The van der Waals surface area contributed by atoms with Crippen molar-refractivity contribution in [3.8, 4) is 6.07 Å². The first-order valence-corrected chi connectivity index (χ1v) is 8.36. The fourth-order valence-corrected chi connectivity index (χ4v) is 2.77. The van der Waals surface area contributed by atoms with E-state index in [1.165, 1.54) is 18.4 Å². The van der Waals surface area contributed by atoms with Crippen LogP contribution in [0, 0.1) is 11.3 Å². The molecule has 0 radical (unpaired) electrons. The average Bonchev–Trinajstić information content (AvgIpc) is 3.17. The van der Waals surface area contributed by atoms with Crippen LogP contribution < -0.4 is 10.6 Å². The van der Waals surface area contributed by atoms with Crippen molar-refractivity contribution >= 4 is 11.3 Å². The number of piperidine rings is 1. The van der Waals surface area contributed by atoms with Gasteiger partial charge in [-0.05, 0) is 55.9 Å². The van der Waals surface area contributed by atoms with Crippen molar-refractivity contribution in [1.82, 2.24) is 30.8 Å². The van der Waals surface area contributed by atoms with Gasteiger partial charge in [0.1, 0.15) is 11.6 Å². The second-order valence-corrected chi connectivity index (χ2v) is 6.20. The van der Waals surface area contributed by atoms with Gasteiger partial charge < -0.3 is 15.5 Å². The number of hydrogen-bond acceptors (Lipinski definition) is 7. The Morgan fingerprint density at radius 3 is 2.76 bits per heavy atom. The Morgan fingerprint density at radius 1 is 1.36 bits per heavy atom. The van der Waals surface area contributed by atoms with Gasteiger partial charge in [0, 0.05) is 24.5 Å². The summed E-state index contributed by atoms with van der Waals surface area (Å²) in [5, 5.41) is 29.2. The monoisotopic (exact) mass is 338 g/mol. The first kappa shape index (κ1) is 17.1. The lowest BCUT2D eigenvalue weighted by atomic mass is 10.1. The molecule has 1 aromatic carbocycles. The highest BCUT2D eigenvalue weighted by molar-refractivity contribution is 5.73. The van der Waals surface area contributed by atoms with Crippen LogP contribution >= 0.6 is 0 Å². The molecule has 1 fully saturated rings. The van der Waals surface area contributed by atoms with E-state index < -0.39 is 0 Å². The number of anilines is 1. The van der Waals surface area contributed by atoms with E-state index in [0.717, 1.165) is 25.3 Å². The molecule has 0 bridgehead atoms. The van der Waals surface area contributed by atoms with Crippen LogP contribution in [0.5, 0.6) is 0 Å². The molecule has 8 heteroatoms. The van der Waals surface area contributed by atoms with Gasteiger partial charge in [0.2, 0.25) is 5.82 Å². The van der Waals surface area contributed by atoms with E-state index in [0.29, 0.717) is 11.6 Å².